The van der Waals surface area contributed by atoms with Gasteiger partial charge in [-0.25, -0.2) is 0 Å². The Morgan fingerprint density at radius 1 is 1.15 bits per heavy atom. The van der Waals surface area contributed by atoms with E-state index in [0.29, 0.717) is 17.1 Å². The minimum Gasteiger partial charge on any atom is -0.348 e. The molecule has 0 spiro atoms. The van der Waals surface area contributed by atoms with E-state index < -0.39 is 0 Å². The maximum Gasteiger partial charge on any atom is 0.252 e. The minimum atomic E-state index is -0.110. The second-order valence-corrected chi connectivity index (χ2v) is 6.42. The first-order valence-corrected chi connectivity index (χ1v) is 8.55. The number of rotatable bonds is 4. The van der Waals surface area contributed by atoms with Crippen LogP contribution in [0.15, 0.2) is 42.5 Å². The molecular weight excluding hydrogens is 452 g/mol. The fourth-order valence-corrected chi connectivity index (χ4v) is 2.82. The third-order valence-corrected chi connectivity index (χ3v) is 4.63. The molecule has 0 aliphatic heterocycles. The lowest BCUT2D eigenvalue weighted by Gasteiger charge is -2.08. The SMILES string of the molecule is O=C(NCc1ccc(CBr)cc1)c1cc(Cl)ccc1I. The highest BCUT2D eigenvalue weighted by Gasteiger charge is 2.10. The van der Waals surface area contributed by atoms with E-state index in [2.05, 4.69) is 43.8 Å². The van der Waals surface area contributed by atoms with Crippen LogP contribution in [0.1, 0.15) is 21.5 Å². The standard InChI is InChI=1S/C15H12BrClINO/c16-8-10-1-3-11(4-2-10)9-19-15(20)13-7-12(17)5-6-14(13)18/h1-7H,8-9H2,(H,19,20). The first kappa shape index (κ1) is 15.8. The van der Waals surface area contributed by atoms with Gasteiger partial charge < -0.3 is 5.32 Å². The summed E-state index contributed by atoms with van der Waals surface area (Å²) in [6.07, 6.45) is 0. The Kier molecular flexibility index (Phi) is 5.86. The molecule has 0 atom stereocenters. The van der Waals surface area contributed by atoms with E-state index in [1.165, 1.54) is 5.56 Å². The van der Waals surface area contributed by atoms with Crippen LogP contribution < -0.4 is 5.32 Å². The number of halogens is 3. The number of benzene rings is 2. The van der Waals surface area contributed by atoms with Crippen LogP contribution in [-0.2, 0) is 11.9 Å². The van der Waals surface area contributed by atoms with Crippen molar-refractivity contribution in [3.8, 4) is 0 Å². The Morgan fingerprint density at radius 3 is 2.45 bits per heavy atom. The van der Waals surface area contributed by atoms with Crippen molar-refractivity contribution < 1.29 is 4.79 Å². The summed E-state index contributed by atoms with van der Waals surface area (Å²) in [6.45, 7) is 0.504. The van der Waals surface area contributed by atoms with Crippen LogP contribution in [0.5, 0.6) is 0 Å². The van der Waals surface area contributed by atoms with Crippen LogP contribution in [0, 0.1) is 3.57 Å². The van der Waals surface area contributed by atoms with Crippen molar-refractivity contribution in [1.29, 1.82) is 0 Å². The monoisotopic (exact) mass is 463 g/mol. The first-order valence-electron chi connectivity index (χ1n) is 5.97. The minimum absolute atomic E-state index is 0.110. The summed E-state index contributed by atoms with van der Waals surface area (Å²) in [7, 11) is 0. The van der Waals surface area contributed by atoms with E-state index >= 15 is 0 Å². The average Bonchev–Trinajstić information content (AvgIpc) is 2.47. The number of nitrogens with one attached hydrogen (secondary N) is 1. The summed E-state index contributed by atoms with van der Waals surface area (Å²) >= 11 is 11.5. The molecule has 104 valence electrons. The molecule has 0 aliphatic rings. The summed E-state index contributed by atoms with van der Waals surface area (Å²) < 4.78 is 0.888. The van der Waals surface area contributed by atoms with Gasteiger partial charge in [0.1, 0.15) is 0 Å². The van der Waals surface area contributed by atoms with Crippen LogP contribution in [0.25, 0.3) is 0 Å². The fourth-order valence-electron chi connectivity index (χ4n) is 1.70. The van der Waals surface area contributed by atoms with E-state index in [0.717, 1.165) is 14.5 Å². The quantitative estimate of drug-likeness (QED) is 0.513. The first-order chi connectivity index (χ1) is 9.60. The van der Waals surface area contributed by atoms with Crippen LogP contribution in [0.2, 0.25) is 5.02 Å². The largest absolute Gasteiger partial charge is 0.348 e. The van der Waals surface area contributed by atoms with E-state index in [-0.39, 0.29) is 5.91 Å². The Bertz CT molecular complexity index is 616. The maximum atomic E-state index is 12.1. The molecule has 2 rings (SSSR count). The molecule has 0 saturated carbocycles. The van der Waals surface area contributed by atoms with Crippen molar-refractivity contribution in [2.75, 3.05) is 0 Å². The zero-order valence-electron chi connectivity index (χ0n) is 10.5. The molecule has 2 nitrogen and oxygen atoms in total. The number of carbonyl (C=O) groups excluding carboxylic acids is 1. The van der Waals surface area contributed by atoms with Gasteiger partial charge in [0.05, 0.1) is 5.56 Å². The van der Waals surface area contributed by atoms with E-state index in [4.69, 9.17) is 11.6 Å². The topological polar surface area (TPSA) is 29.1 Å². The third kappa shape index (κ3) is 4.20. The molecule has 2 aromatic carbocycles. The molecule has 0 bridgehead atoms. The molecule has 20 heavy (non-hydrogen) atoms. The number of carbonyl (C=O) groups is 1. The molecule has 0 radical (unpaired) electrons. The smallest absolute Gasteiger partial charge is 0.252 e. The number of hydrogen-bond donors (Lipinski definition) is 1. The van der Waals surface area contributed by atoms with Gasteiger partial charge in [0, 0.05) is 20.5 Å². The molecule has 2 aromatic rings. The molecule has 0 saturated heterocycles. The molecule has 0 unspecified atom stereocenters. The van der Waals surface area contributed by atoms with Crippen LogP contribution >= 0.6 is 50.1 Å². The Balaban J connectivity index is 2.02. The van der Waals surface area contributed by atoms with Crippen LogP contribution in [-0.4, -0.2) is 5.91 Å². The maximum absolute atomic E-state index is 12.1. The van der Waals surface area contributed by atoms with Crippen molar-refractivity contribution >= 4 is 56.0 Å². The predicted molar refractivity (Wildman–Crippen MR) is 94.4 cm³/mol. The van der Waals surface area contributed by atoms with Gasteiger partial charge in [-0.15, -0.1) is 0 Å². The zero-order valence-corrected chi connectivity index (χ0v) is 15.0. The summed E-state index contributed by atoms with van der Waals surface area (Å²) in [5.74, 6) is -0.110. The molecule has 0 aromatic heterocycles. The van der Waals surface area contributed by atoms with Crippen molar-refractivity contribution in [2.45, 2.75) is 11.9 Å². The van der Waals surface area contributed by atoms with E-state index in [1.807, 2.05) is 30.3 Å². The Hall–Kier alpha value is -0.590. The number of hydrogen-bond acceptors (Lipinski definition) is 1. The van der Waals surface area contributed by atoms with Crippen molar-refractivity contribution in [1.82, 2.24) is 5.32 Å². The van der Waals surface area contributed by atoms with Crippen LogP contribution in [0.4, 0.5) is 0 Å². The lowest BCUT2D eigenvalue weighted by Crippen LogP contribution is -2.23. The highest BCUT2D eigenvalue weighted by atomic mass is 127. The summed E-state index contributed by atoms with van der Waals surface area (Å²) in [5, 5.41) is 4.31. The van der Waals surface area contributed by atoms with Gasteiger partial charge in [-0.3, -0.25) is 4.79 Å². The summed E-state index contributed by atoms with van der Waals surface area (Å²) in [6, 6.07) is 13.4. The van der Waals surface area contributed by atoms with E-state index in [9.17, 15) is 4.79 Å². The van der Waals surface area contributed by atoms with Gasteiger partial charge in [-0.1, -0.05) is 51.8 Å². The fraction of sp³-hybridized carbons (Fsp3) is 0.133. The van der Waals surface area contributed by atoms with Crippen molar-refractivity contribution in [3.63, 3.8) is 0 Å². The number of amides is 1. The van der Waals surface area contributed by atoms with Gasteiger partial charge in [-0.05, 0) is 51.9 Å². The van der Waals surface area contributed by atoms with Crippen molar-refractivity contribution in [3.05, 3.63) is 67.7 Å². The average molecular weight is 465 g/mol. The third-order valence-electron chi connectivity index (χ3n) is 2.80. The zero-order chi connectivity index (χ0) is 14.5. The van der Waals surface area contributed by atoms with E-state index in [1.54, 1.807) is 12.1 Å². The molecule has 0 aliphatic carbocycles. The molecular formula is C15H12BrClINO. The summed E-state index contributed by atoms with van der Waals surface area (Å²) in [4.78, 5) is 12.1. The van der Waals surface area contributed by atoms with Gasteiger partial charge in [0.15, 0.2) is 0 Å². The van der Waals surface area contributed by atoms with Gasteiger partial charge in [0.2, 0.25) is 0 Å². The predicted octanol–water partition coefficient (Wildman–Crippen LogP) is 4.77. The Labute approximate surface area is 145 Å². The molecule has 0 fully saturated rings. The normalized spacial score (nSPS) is 10.3. The van der Waals surface area contributed by atoms with Gasteiger partial charge in [0.25, 0.3) is 5.91 Å². The molecule has 0 heterocycles. The highest BCUT2D eigenvalue weighted by molar-refractivity contribution is 14.1. The molecule has 1 N–H and O–H groups in total. The van der Waals surface area contributed by atoms with Crippen molar-refractivity contribution in [2.24, 2.45) is 0 Å². The van der Waals surface area contributed by atoms with Gasteiger partial charge >= 0.3 is 0 Å². The highest BCUT2D eigenvalue weighted by Crippen LogP contribution is 2.18. The second kappa shape index (κ2) is 7.43. The molecule has 1 amide bonds. The van der Waals surface area contributed by atoms with Gasteiger partial charge in [-0.2, -0.15) is 0 Å². The number of alkyl halides is 1. The second-order valence-electron chi connectivity index (χ2n) is 4.26. The summed E-state index contributed by atoms with van der Waals surface area (Å²) in [5.41, 5.74) is 2.89. The Morgan fingerprint density at radius 2 is 1.80 bits per heavy atom. The lowest BCUT2D eigenvalue weighted by atomic mass is 10.1. The lowest BCUT2D eigenvalue weighted by molar-refractivity contribution is 0.0950. The molecule has 5 heteroatoms. The van der Waals surface area contributed by atoms with Crippen LogP contribution in [0.3, 0.4) is 0 Å².